The van der Waals surface area contributed by atoms with Crippen molar-refractivity contribution in [1.29, 1.82) is 0 Å². The molecule has 3 heterocycles. The molecule has 0 unspecified atom stereocenters. The van der Waals surface area contributed by atoms with Crippen LogP contribution in [0.2, 0.25) is 0 Å². The van der Waals surface area contributed by atoms with Gasteiger partial charge in [0.25, 0.3) is 0 Å². The predicted octanol–water partition coefficient (Wildman–Crippen LogP) is 2.61. The zero-order chi connectivity index (χ0) is 23.5. The van der Waals surface area contributed by atoms with Gasteiger partial charge in [0.05, 0.1) is 11.7 Å². The van der Waals surface area contributed by atoms with Crippen molar-refractivity contribution in [2.75, 3.05) is 37.2 Å². The molecule has 1 aliphatic carbocycles. The van der Waals surface area contributed by atoms with Crippen LogP contribution in [-0.4, -0.2) is 62.2 Å². The van der Waals surface area contributed by atoms with Gasteiger partial charge in [-0.25, -0.2) is 18.1 Å². The van der Waals surface area contributed by atoms with Crippen molar-refractivity contribution in [3.63, 3.8) is 0 Å². The molecule has 1 atom stereocenters. The standard InChI is InChI=1S/C24H31N5O3S2/c30-24(29-12-10-25-16-22(29)17-4-2-1-3-5-17)18-6-8-19(9-7-18)28-34(31,32)20-14-21-23(27-15-20)33-13-11-26-21/h1-5,14-15,18-19,22,25-26,28H,6-13,16H2/t18-,19-,22-/m1/s1. The lowest BCUT2D eigenvalue weighted by Gasteiger charge is -2.40. The summed E-state index contributed by atoms with van der Waals surface area (Å²) in [6.45, 7) is 3.05. The number of rotatable bonds is 5. The quantitative estimate of drug-likeness (QED) is 0.579. The summed E-state index contributed by atoms with van der Waals surface area (Å²) in [6, 6.07) is 11.7. The first kappa shape index (κ1) is 23.6. The Balaban J connectivity index is 1.20. The minimum absolute atomic E-state index is 0.0435. The number of nitrogens with zero attached hydrogens (tertiary/aromatic N) is 2. The van der Waals surface area contributed by atoms with Gasteiger partial charge in [0.15, 0.2) is 0 Å². The molecule has 1 aromatic heterocycles. The number of amides is 1. The SMILES string of the molecule is O=C([C@H]1CC[C@H](NS(=O)(=O)c2cnc3c(c2)NCCS3)CC1)N1CCNC[C@@H]1c1ccccc1. The van der Waals surface area contributed by atoms with Crippen LogP contribution in [0.3, 0.4) is 0 Å². The fourth-order valence-corrected chi connectivity index (χ4v) is 7.16. The number of benzene rings is 1. The molecule has 182 valence electrons. The summed E-state index contributed by atoms with van der Waals surface area (Å²) in [5, 5.41) is 7.47. The minimum Gasteiger partial charge on any atom is -0.382 e. The molecule has 1 saturated carbocycles. The molecule has 3 aliphatic rings. The second-order valence-electron chi connectivity index (χ2n) is 9.13. The van der Waals surface area contributed by atoms with Gasteiger partial charge in [-0.15, -0.1) is 11.8 Å². The van der Waals surface area contributed by atoms with E-state index < -0.39 is 10.0 Å². The number of hydrogen-bond donors (Lipinski definition) is 3. The third-order valence-electron chi connectivity index (χ3n) is 6.90. The molecule has 1 amide bonds. The molecule has 8 nitrogen and oxygen atoms in total. The van der Waals surface area contributed by atoms with Gasteiger partial charge < -0.3 is 15.5 Å². The number of carbonyl (C=O) groups excluding carboxylic acids is 1. The Labute approximate surface area is 205 Å². The molecule has 2 aliphatic heterocycles. The smallest absolute Gasteiger partial charge is 0.242 e. The average molecular weight is 502 g/mol. The van der Waals surface area contributed by atoms with E-state index >= 15 is 0 Å². The molecule has 0 spiro atoms. The van der Waals surface area contributed by atoms with E-state index in [0.29, 0.717) is 32.2 Å². The Morgan fingerprint density at radius 1 is 1.12 bits per heavy atom. The third-order valence-corrected chi connectivity index (χ3v) is 9.40. The maximum Gasteiger partial charge on any atom is 0.242 e. The summed E-state index contributed by atoms with van der Waals surface area (Å²) in [5.74, 6) is 1.06. The monoisotopic (exact) mass is 501 g/mol. The summed E-state index contributed by atoms with van der Waals surface area (Å²) in [6.07, 6.45) is 4.13. The van der Waals surface area contributed by atoms with E-state index in [-0.39, 0.29) is 28.8 Å². The number of piperazine rings is 1. The fraction of sp³-hybridized carbons (Fsp3) is 0.500. The van der Waals surface area contributed by atoms with E-state index in [1.807, 2.05) is 23.1 Å². The molecule has 34 heavy (non-hydrogen) atoms. The molecule has 0 radical (unpaired) electrons. The van der Waals surface area contributed by atoms with E-state index in [9.17, 15) is 13.2 Å². The highest BCUT2D eigenvalue weighted by atomic mass is 32.2. The molecule has 3 N–H and O–H groups in total. The first-order valence-corrected chi connectivity index (χ1v) is 14.4. The largest absolute Gasteiger partial charge is 0.382 e. The summed E-state index contributed by atoms with van der Waals surface area (Å²) in [7, 11) is -3.66. The molecule has 2 fully saturated rings. The highest BCUT2D eigenvalue weighted by Gasteiger charge is 2.35. The molecular weight excluding hydrogens is 470 g/mol. The zero-order valence-electron chi connectivity index (χ0n) is 19.1. The lowest BCUT2D eigenvalue weighted by atomic mass is 9.85. The van der Waals surface area contributed by atoms with Gasteiger partial charge in [0, 0.05) is 50.1 Å². The van der Waals surface area contributed by atoms with Crippen molar-refractivity contribution in [3.8, 4) is 0 Å². The van der Waals surface area contributed by atoms with Gasteiger partial charge in [-0.1, -0.05) is 30.3 Å². The Kier molecular flexibility index (Phi) is 7.10. The summed E-state index contributed by atoms with van der Waals surface area (Å²) in [5.41, 5.74) is 1.92. The number of anilines is 1. The Morgan fingerprint density at radius 3 is 2.71 bits per heavy atom. The van der Waals surface area contributed by atoms with Crippen molar-refractivity contribution < 1.29 is 13.2 Å². The Morgan fingerprint density at radius 2 is 1.91 bits per heavy atom. The van der Waals surface area contributed by atoms with Gasteiger partial charge in [-0.3, -0.25) is 4.79 Å². The van der Waals surface area contributed by atoms with E-state index in [1.165, 1.54) is 6.20 Å². The van der Waals surface area contributed by atoms with Crippen LogP contribution in [0.15, 0.2) is 52.5 Å². The lowest BCUT2D eigenvalue weighted by Crippen LogP contribution is -2.51. The normalized spacial score (nSPS) is 25.3. The molecule has 2 aromatic rings. The topological polar surface area (TPSA) is 103 Å². The van der Waals surface area contributed by atoms with Gasteiger partial charge in [0.1, 0.15) is 9.92 Å². The zero-order valence-corrected chi connectivity index (χ0v) is 20.7. The number of carbonyl (C=O) groups is 1. The number of sulfonamides is 1. The molecule has 5 rings (SSSR count). The van der Waals surface area contributed by atoms with Crippen LogP contribution < -0.4 is 15.4 Å². The first-order chi connectivity index (χ1) is 16.5. The number of pyridine rings is 1. The molecule has 10 heteroatoms. The molecule has 1 aromatic carbocycles. The highest BCUT2D eigenvalue weighted by Crippen LogP contribution is 2.33. The first-order valence-electron chi connectivity index (χ1n) is 12.0. The Bertz CT molecular complexity index is 1120. The van der Waals surface area contributed by atoms with Crippen molar-refractivity contribution in [1.82, 2.24) is 19.9 Å². The highest BCUT2D eigenvalue weighted by molar-refractivity contribution is 7.99. The number of thioether (sulfide) groups is 1. The van der Waals surface area contributed by atoms with Crippen molar-refractivity contribution >= 4 is 33.4 Å². The van der Waals surface area contributed by atoms with Crippen LogP contribution in [-0.2, 0) is 14.8 Å². The minimum atomic E-state index is -3.66. The van der Waals surface area contributed by atoms with Crippen LogP contribution in [0.5, 0.6) is 0 Å². The number of aromatic nitrogens is 1. The summed E-state index contributed by atoms with van der Waals surface area (Å²) >= 11 is 1.63. The second kappa shape index (κ2) is 10.2. The van der Waals surface area contributed by atoms with Crippen LogP contribution in [0, 0.1) is 5.92 Å². The van der Waals surface area contributed by atoms with E-state index in [4.69, 9.17) is 0 Å². The third kappa shape index (κ3) is 5.10. The lowest BCUT2D eigenvalue weighted by molar-refractivity contribution is -0.140. The van der Waals surface area contributed by atoms with Gasteiger partial charge in [-0.05, 0) is 37.3 Å². The van der Waals surface area contributed by atoms with Crippen molar-refractivity contribution in [3.05, 3.63) is 48.2 Å². The van der Waals surface area contributed by atoms with Crippen molar-refractivity contribution in [2.24, 2.45) is 5.92 Å². The Hall–Kier alpha value is -2.14. The maximum atomic E-state index is 13.4. The second-order valence-corrected chi connectivity index (χ2v) is 11.9. The number of nitrogens with one attached hydrogen (secondary N) is 3. The molecule has 1 saturated heterocycles. The predicted molar refractivity (Wildman–Crippen MR) is 133 cm³/mol. The van der Waals surface area contributed by atoms with E-state index in [2.05, 4.69) is 32.5 Å². The van der Waals surface area contributed by atoms with Crippen LogP contribution in [0.1, 0.15) is 37.3 Å². The summed E-state index contributed by atoms with van der Waals surface area (Å²) in [4.78, 5) is 20.0. The van der Waals surface area contributed by atoms with Gasteiger partial charge in [-0.2, -0.15) is 0 Å². The van der Waals surface area contributed by atoms with Crippen molar-refractivity contribution in [2.45, 2.75) is 47.7 Å². The van der Waals surface area contributed by atoms with E-state index in [1.54, 1.807) is 17.8 Å². The van der Waals surface area contributed by atoms with Crippen LogP contribution >= 0.6 is 11.8 Å². The number of fused-ring (bicyclic) bond motifs is 1. The van der Waals surface area contributed by atoms with Gasteiger partial charge >= 0.3 is 0 Å². The average Bonchev–Trinajstić information content (AvgIpc) is 2.89. The van der Waals surface area contributed by atoms with Crippen LogP contribution in [0.25, 0.3) is 0 Å². The fourth-order valence-electron chi connectivity index (χ4n) is 5.08. The number of hydrogen-bond acceptors (Lipinski definition) is 7. The maximum absolute atomic E-state index is 13.4. The summed E-state index contributed by atoms with van der Waals surface area (Å²) < 4.78 is 28.8. The molecule has 0 bridgehead atoms. The van der Waals surface area contributed by atoms with Gasteiger partial charge in [0.2, 0.25) is 15.9 Å². The molecular formula is C24H31N5O3S2. The van der Waals surface area contributed by atoms with Crippen LogP contribution in [0.4, 0.5) is 5.69 Å². The van der Waals surface area contributed by atoms with E-state index in [0.717, 1.165) is 41.7 Å².